The molecule has 0 saturated carbocycles. The first-order valence-electron chi connectivity index (χ1n) is 12.3. The normalized spacial score (nSPS) is 18.2. The van der Waals surface area contributed by atoms with Gasteiger partial charge < -0.3 is 30.9 Å². The highest BCUT2D eigenvalue weighted by Crippen LogP contribution is 2.42. The van der Waals surface area contributed by atoms with Crippen LogP contribution in [0.3, 0.4) is 0 Å². The molecule has 2 aromatic carbocycles. The van der Waals surface area contributed by atoms with Crippen LogP contribution in [0.1, 0.15) is 72.4 Å². The van der Waals surface area contributed by atoms with Gasteiger partial charge in [0.05, 0.1) is 11.1 Å². The minimum absolute atomic E-state index is 0.0454. The van der Waals surface area contributed by atoms with Crippen molar-refractivity contribution in [3.05, 3.63) is 63.9 Å². The Morgan fingerprint density at radius 3 is 2.46 bits per heavy atom. The van der Waals surface area contributed by atoms with E-state index in [0.717, 1.165) is 12.1 Å². The van der Waals surface area contributed by atoms with Crippen LogP contribution in [0, 0.1) is 5.82 Å². The quantitative estimate of drug-likeness (QED) is 0.249. The lowest BCUT2D eigenvalue weighted by molar-refractivity contribution is -0.139. The first-order valence-corrected chi connectivity index (χ1v) is 12.7. The summed E-state index contributed by atoms with van der Waals surface area (Å²) in [5.74, 6) is -2.49. The Morgan fingerprint density at radius 1 is 1.15 bits per heavy atom. The number of alkyl carbamates (subject to hydrolysis) is 1. The fraction of sp³-hybridized carbons (Fsp3) is 0.407. The molecule has 2 aromatic rings. The Hall–Kier alpha value is -3.70. The third-order valence-corrected chi connectivity index (χ3v) is 6.64. The molecule has 0 unspecified atom stereocenters. The molecule has 1 aliphatic heterocycles. The van der Waals surface area contributed by atoms with E-state index in [1.165, 1.54) is 19.1 Å². The number of Topliss-reactive ketones (excluding diaryl/α,β-unsaturated/α-hetero) is 1. The van der Waals surface area contributed by atoms with E-state index in [1.54, 1.807) is 26.0 Å². The van der Waals surface area contributed by atoms with E-state index in [9.17, 15) is 28.7 Å². The zero-order valence-electron chi connectivity index (χ0n) is 21.8. The van der Waals surface area contributed by atoms with Crippen LogP contribution in [0.25, 0.3) is 0 Å². The molecule has 0 spiro atoms. The summed E-state index contributed by atoms with van der Waals surface area (Å²) >= 11 is 5.85. The van der Waals surface area contributed by atoms with E-state index in [0.29, 0.717) is 36.3 Å². The van der Waals surface area contributed by atoms with Crippen molar-refractivity contribution in [2.75, 3.05) is 6.54 Å². The van der Waals surface area contributed by atoms with Crippen LogP contribution < -0.4 is 21.1 Å². The van der Waals surface area contributed by atoms with E-state index in [1.807, 2.05) is 0 Å². The Balaban J connectivity index is 1.96. The van der Waals surface area contributed by atoms with Crippen LogP contribution in [-0.2, 0) is 9.53 Å². The van der Waals surface area contributed by atoms with Crippen molar-refractivity contribution in [2.24, 2.45) is 5.73 Å². The van der Waals surface area contributed by atoms with Crippen LogP contribution in [0.5, 0.6) is 5.75 Å². The number of amides is 2. The number of benzene rings is 2. The smallest absolute Gasteiger partial charge is 0.408 e. The molecule has 0 aliphatic carbocycles. The summed E-state index contributed by atoms with van der Waals surface area (Å²) in [4.78, 5) is 49.9. The molecule has 3 atom stereocenters. The van der Waals surface area contributed by atoms with Gasteiger partial charge in [-0.1, -0.05) is 11.6 Å². The third kappa shape index (κ3) is 7.24. The molecule has 0 radical (unpaired) electrons. The predicted octanol–water partition coefficient (Wildman–Crippen LogP) is 4.00. The number of fused-ring (bicyclic) bond motifs is 1. The highest BCUT2D eigenvalue weighted by Gasteiger charge is 2.48. The van der Waals surface area contributed by atoms with E-state index in [2.05, 4.69) is 10.6 Å². The lowest BCUT2D eigenvalue weighted by atomic mass is 9.85. The number of ketones is 1. The highest BCUT2D eigenvalue weighted by molar-refractivity contribution is 6.31. The number of carboxylic acids is 1. The molecule has 12 heteroatoms. The van der Waals surface area contributed by atoms with Crippen molar-refractivity contribution in [3.8, 4) is 5.75 Å². The third-order valence-electron chi connectivity index (χ3n) is 6.35. The number of carboxylic acid groups (broad SMARTS) is 1. The monoisotopic (exact) mass is 563 g/mol. The average molecular weight is 564 g/mol. The van der Waals surface area contributed by atoms with Crippen LogP contribution >= 0.6 is 11.6 Å². The predicted molar refractivity (Wildman–Crippen MR) is 141 cm³/mol. The Morgan fingerprint density at radius 2 is 1.85 bits per heavy atom. The molecular weight excluding hydrogens is 533 g/mol. The maximum atomic E-state index is 13.7. The van der Waals surface area contributed by atoms with Crippen molar-refractivity contribution in [3.63, 3.8) is 0 Å². The van der Waals surface area contributed by atoms with Crippen molar-refractivity contribution in [1.29, 1.82) is 0 Å². The van der Waals surface area contributed by atoms with E-state index < -0.39 is 47.6 Å². The number of carbonyl (C=O) groups is 4. The van der Waals surface area contributed by atoms with E-state index in [-0.39, 0.29) is 22.8 Å². The van der Waals surface area contributed by atoms with Gasteiger partial charge >= 0.3 is 12.1 Å². The molecular formula is C27H31ClFN3O7. The summed E-state index contributed by atoms with van der Waals surface area (Å²) in [7, 11) is 0. The summed E-state index contributed by atoms with van der Waals surface area (Å²) in [5, 5.41) is 14.4. The van der Waals surface area contributed by atoms with Gasteiger partial charge in [-0.2, -0.15) is 0 Å². The number of hydrogen-bond acceptors (Lipinski definition) is 7. The maximum absolute atomic E-state index is 13.7. The summed E-state index contributed by atoms with van der Waals surface area (Å²) in [6.07, 6.45) is -1.01. The second-order valence-corrected chi connectivity index (χ2v) is 10.1. The maximum Gasteiger partial charge on any atom is 0.408 e. The number of nitrogens with two attached hydrogens (primary N) is 1. The lowest BCUT2D eigenvalue weighted by Crippen LogP contribution is -2.57. The number of nitrogens with one attached hydrogen (secondary N) is 2. The highest BCUT2D eigenvalue weighted by atomic mass is 35.5. The first-order chi connectivity index (χ1) is 18.3. The number of carbonyl (C=O) groups excluding carboxylic acids is 3. The molecule has 5 N–H and O–H groups in total. The fourth-order valence-corrected chi connectivity index (χ4v) is 4.46. The fourth-order valence-electron chi connectivity index (χ4n) is 4.28. The van der Waals surface area contributed by atoms with Gasteiger partial charge in [0, 0.05) is 16.7 Å². The zero-order chi connectivity index (χ0) is 28.9. The largest absolute Gasteiger partial charge is 0.484 e. The van der Waals surface area contributed by atoms with Crippen molar-refractivity contribution < 1.29 is 38.1 Å². The van der Waals surface area contributed by atoms with Crippen molar-refractivity contribution in [2.45, 2.75) is 63.8 Å². The minimum atomic E-state index is -1.24. The zero-order valence-corrected chi connectivity index (χ0v) is 22.5. The molecule has 39 heavy (non-hydrogen) atoms. The number of rotatable bonds is 10. The number of aliphatic carboxylic acids is 1. The Kier molecular flexibility index (Phi) is 9.52. The van der Waals surface area contributed by atoms with Gasteiger partial charge in [0.2, 0.25) is 0 Å². The molecule has 0 bridgehead atoms. The van der Waals surface area contributed by atoms with E-state index >= 15 is 0 Å². The van der Waals surface area contributed by atoms with Crippen LogP contribution in [0.2, 0.25) is 5.02 Å². The minimum Gasteiger partial charge on any atom is -0.484 e. The van der Waals surface area contributed by atoms with Gasteiger partial charge in [-0.05, 0) is 83.0 Å². The average Bonchev–Trinajstić information content (AvgIpc) is 2.86. The summed E-state index contributed by atoms with van der Waals surface area (Å²) in [6.45, 7) is 5.03. The van der Waals surface area contributed by atoms with Crippen molar-refractivity contribution in [1.82, 2.24) is 10.6 Å². The number of unbranched alkanes of at least 4 members (excludes halogenated alkanes) is 1. The number of hydrogen-bond donors (Lipinski definition) is 4. The second-order valence-electron chi connectivity index (χ2n) is 9.74. The van der Waals surface area contributed by atoms with Crippen LogP contribution in [0.4, 0.5) is 9.18 Å². The van der Waals surface area contributed by atoms with Crippen molar-refractivity contribution >= 4 is 35.4 Å². The molecule has 2 amide bonds. The molecule has 10 nitrogen and oxygen atoms in total. The Labute approximate surface area is 230 Å². The molecule has 1 heterocycles. The Bertz CT molecular complexity index is 1270. The van der Waals surface area contributed by atoms with Gasteiger partial charge in [0.15, 0.2) is 11.9 Å². The molecule has 0 saturated heterocycles. The summed E-state index contributed by atoms with van der Waals surface area (Å²) < 4.78 is 25.5. The number of ether oxygens (including phenoxy) is 2. The second kappa shape index (κ2) is 12.4. The lowest BCUT2D eigenvalue weighted by Gasteiger charge is -2.44. The molecule has 1 aliphatic rings. The van der Waals surface area contributed by atoms with Gasteiger partial charge in [-0.3, -0.25) is 9.59 Å². The number of halogens is 2. The standard InChI is InChI=1S/C27H31ClFN3O7/c1-14(33)15-8-10-21-17(12-15)22(32-24(34)16-7-9-19(29)18(28)13-16)23(27(2,3)39-21)38-26(37)31-20(25(35)36)6-4-5-11-30/h7-10,12-13,20,22-23H,4-6,11,30H2,1-3H3,(H,31,37)(H,32,34)(H,35,36)/t20-,22+,23-/m0/s1. The van der Waals surface area contributed by atoms with Gasteiger partial charge in [-0.25, -0.2) is 14.0 Å². The first kappa shape index (κ1) is 29.9. The topological polar surface area (TPSA) is 157 Å². The molecule has 3 rings (SSSR count). The van der Waals surface area contributed by atoms with Gasteiger partial charge in [0.1, 0.15) is 23.2 Å². The summed E-state index contributed by atoms with van der Waals surface area (Å²) in [5.41, 5.74) is 5.00. The molecule has 0 fully saturated rings. The van der Waals surface area contributed by atoms with Crippen LogP contribution in [0.15, 0.2) is 36.4 Å². The van der Waals surface area contributed by atoms with Crippen LogP contribution in [-0.4, -0.2) is 53.2 Å². The van der Waals surface area contributed by atoms with Gasteiger partial charge in [-0.15, -0.1) is 0 Å². The summed E-state index contributed by atoms with van der Waals surface area (Å²) in [6, 6.07) is 5.87. The molecule has 0 aromatic heterocycles. The van der Waals surface area contributed by atoms with Gasteiger partial charge in [0.25, 0.3) is 5.91 Å². The SMILES string of the molecule is CC(=O)c1ccc2c(c1)[C@@H](NC(=O)c1ccc(F)c(Cl)c1)[C@H](OC(=O)N[C@@H](CCCCN)C(=O)O)C(C)(C)O2. The van der Waals surface area contributed by atoms with E-state index in [4.69, 9.17) is 26.8 Å². The molecule has 210 valence electrons.